The van der Waals surface area contributed by atoms with Crippen molar-refractivity contribution in [2.75, 3.05) is 13.2 Å². The van der Waals surface area contributed by atoms with Gasteiger partial charge in [0.1, 0.15) is 0 Å². The molecule has 2 rings (SSSR count). The lowest BCUT2D eigenvalue weighted by Gasteiger charge is -2.12. The van der Waals surface area contributed by atoms with E-state index in [1.54, 1.807) is 12.1 Å². The SMILES string of the molecule is CC(CO)COc1cc(CNC2CC2)ccc1[N+](=O)[O-]. The van der Waals surface area contributed by atoms with E-state index in [2.05, 4.69) is 5.32 Å². The largest absolute Gasteiger partial charge is 0.486 e. The molecule has 6 heteroatoms. The molecule has 2 N–H and O–H groups in total. The average Bonchev–Trinajstić information content (AvgIpc) is 3.26. The molecule has 0 aromatic heterocycles. The van der Waals surface area contributed by atoms with Gasteiger partial charge in [-0.05, 0) is 24.5 Å². The molecule has 1 aromatic rings. The summed E-state index contributed by atoms with van der Waals surface area (Å²) in [6.07, 6.45) is 2.40. The summed E-state index contributed by atoms with van der Waals surface area (Å²) >= 11 is 0. The standard InChI is InChI=1S/C14H20N2O4/c1-10(8-17)9-20-14-6-11(7-15-12-3-4-12)2-5-13(14)16(18)19/h2,5-6,10,12,15,17H,3-4,7-9H2,1H3. The van der Waals surface area contributed by atoms with Crippen LogP contribution in [-0.4, -0.2) is 29.3 Å². The Labute approximate surface area is 117 Å². The van der Waals surface area contributed by atoms with Crippen LogP contribution in [0, 0.1) is 16.0 Å². The number of aliphatic hydroxyl groups is 1. The summed E-state index contributed by atoms with van der Waals surface area (Å²) in [4.78, 5) is 10.5. The third-order valence-corrected chi connectivity index (χ3v) is 3.23. The number of nitro benzene ring substituents is 1. The van der Waals surface area contributed by atoms with Crippen LogP contribution in [0.2, 0.25) is 0 Å². The number of benzene rings is 1. The van der Waals surface area contributed by atoms with Crippen molar-refractivity contribution in [3.8, 4) is 5.75 Å². The highest BCUT2D eigenvalue weighted by molar-refractivity contribution is 5.48. The van der Waals surface area contributed by atoms with Gasteiger partial charge in [-0.2, -0.15) is 0 Å². The van der Waals surface area contributed by atoms with Crippen LogP contribution in [0.25, 0.3) is 0 Å². The Morgan fingerprint density at radius 2 is 2.30 bits per heavy atom. The minimum absolute atomic E-state index is 0.00325. The molecular formula is C14H20N2O4. The molecule has 6 nitrogen and oxygen atoms in total. The van der Waals surface area contributed by atoms with Crippen molar-refractivity contribution >= 4 is 5.69 Å². The van der Waals surface area contributed by atoms with Crippen LogP contribution in [0.3, 0.4) is 0 Å². The summed E-state index contributed by atoms with van der Waals surface area (Å²) in [7, 11) is 0. The molecule has 1 fully saturated rings. The highest BCUT2D eigenvalue weighted by Gasteiger charge is 2.21. The number of hydrogen-bond acceptors (Lipinski definition) is 5. The number of rotatable bonds is 8. The Bertz CT molecular complexity index is 474. The van der Waals surface area contributed by atoms with E-state index in [4.69, 9.17) is 9.84 Å². The number of nitrogens with one attached hydrogen (secondary N) is 1. The highest BCUT2D eigenvalue weighted by Crippen LogP contribution is 2.29. The first-order chi connectivity index (χ1) is 9.60. The lowest BCUT2D eigenvalue weighted by Crippen LogP contribution is -2.16. The van der Waals surface area contributed by atoms with E-state index in [-0.39, 0.29) is 30.6 Å². The van der Waals surface area contributed by atoms with Crippen molar-refractivity contribution in [3.63, 3.8) is 0 Å². The Balaban J connectivity index is 2.06. The smallest absolute Gasteiger partial charge is 0.310 e. The molecule has 1 aliphatic rings. The van der Waals surface area contributed by atoms with Gasteiger partial charge in [-0.25, -0.2) is 0 Å². The molecule has 110 valence electrons. The lowest BCUT2D eigenvalue weighted by molar-refractivity contribution is -0.385. The molecule has 0 bridgehead atoms. The molecule has 20 heavy (non-hydrogen) atoms. The average molecular weight is 280 g/mol. The van der Waals surface area contributed by atoms with Gasteiger partial charge in [0, 0.05) is 31.2 Å². The summed E-state index contributed by atoms with van der Waals surface area (Å²) in [6, 6.07) is 5.51. The van der Waals surface area contributed by atoms with Gasteiger partial charge in [0.05, 0.1) is 11.5 Å². The lowest BCUT2D eigenvalue weighted by atomic mass is 10.1. The summed E-state index contributed by atoms with van der Waals surface area (Å²) < 4.78 is 5.48. The zero-order valence-electron chi connectivity index (χ0n) is 11.5. The van der Waals surface area contributed by atoms with E-state index in [9.17, 15) is 10.1 Å². The molecule has 1 unspecified atom stereocenters. The molecule has 0 spiro atoms. The van der Waals surface area contributed by atoms with E-state index in [1.807, 2.05) is 6.92 Å². The molecule has 1 atom stereocenters. The van der Waals surface area contributed by atoms with Crippen molar-refractivity contribution in [2.45, 2.75) is 32.4 Å². The molecule has 0 saturated heterocycles. The van der Waals surface area contributed by atoms with E-state index in [0.717, 1.165) is 5.56 Å². The fourth-order valence-electron chi connectivity index (χ4n) is 1.77. The van der Waals surface area contributed by atoms with Gasteiger partial charge in [-0.15, -0.1) is 0 Å². The number of aliphatic hydroxyl groups excluding tert-OH is 1. The molecule has 0 heterocycles. The van der Waals surface area contributed by atoms with E-state index in [0.29, 0.717) is 12.6 Å². The fraction of sp³-hybridized carbons (Fsp3) is 0.571. The van der Waals surface area contributed by atoms with Crippen LogP contribution in [0.5, 0.6) is 5.75 Å². The number of hydrogen-bond donors (Lipinski definition) is 2. The maximum absolute atomic E-state index is 11.0. The molecule has 0 radical (unpaired) electrons. The van der Waals surface area contributed by atoms with Crippen LogP contribution in [0.4, 0.5) is 5.69 Å². The first kappa shape index (κ1) is 14.7. The second-order valence-electron chi connectivity index (χ2n) is 5.31. The molecule has 0 aliphatic heterocycles. The van der Waals surface area contributed by atoms with Gasteiger partial charge in [0.2, 0.25) is 0 Å². The van der Waals surface area contributed by atoms with Gasteiger partial charge >= 0.3 is 5.69 Å². The minimum atomic E-state index is -0.447. The van der Waals surface area contributed by atoms with Gasteiger partial charge in [0.15, 0.2) is 5.75 Å². The molecular weight excluding hydrogens is 260 g/mol. The van der Waals surface area contributed by atoms with Gasteiger partial charge in [-0.3, -0.25) is 10.1 Å². The third kappa shape index (κ3) is 4.18. The third-order valence-electron chi connectivity index (χ3n) is 3.23. The monoisotopic (exact) mass is 280 g/mol. The van der Waals surface area contributed by atoms with Crippen molar-refractivity contribution < 1.29 is 14.8 Å². The second-order valence-corrected chi connectivity index (χ2v) is 5.31. The minimum Gasteiger partial charge on any atom is -0.486 e. The van der Waals surface area contributed by atoms with Crippen LogP contribution >= 0.6 is 0 Å². The Morgan fingerprint density at radius 1 is 1.55 bits per heavy atom. The van der Waals surface area contributed by atoms with Gasteiger partial charge in [0.25, 0.3) is 0 Å². The molecule has 1 aromatic carbocycles. The normalized spacial score (nSPS) is 15.9. The van der Waals surface area contributed by atoms with Crippen LogP contribution < -0.4 is 10.1 Å². The first-order valence-electron chi connectivity index (χ1n) is 6.84. The van der Waals surface area contributed by atoms with Crippen LogP contribution in [0.15, 0.2) is 18.2 Å². The maximum Gasteiger partial charge on any atom is 0.310 e. The summed E-state index contributed by atoms with van der Waals surface area (Å²) in [6.45, 7) is 2.77. The van der Waals surface area contributed by atoms with Crippen molar-refractivity contribution in [2.24, 2.45) is 5.92 Å². The zero-order valence-corrected chi connectivity index (χ0v) is 11.5. The molecule has 1 aliphatic carbocycles. The van der Waals surface area contributed by atoms with E-state index < -0.39 is 4.92 Å². The topological polar surface area (TPSA) is 84.6 Å². The maximum atomic E-state index is 11.0. The van der Waals surface area contributed by atoms with Crippen molar-refractivity contribution in [3.05, 3.63) is 33.9 Å². The van der Waals surface area contributed by atoms with Crippen molar-refractivity contribution in [1.29, 1.82) is 0 Å². The fourth-order valence-corrected chi connectivity index (χ4v) is 1.77. The predicted octanol–water partition coefficient (Wildman–Crippen LogP) is 1.85. The predicted molar refractivity (Wildman–Crippen MR) is 74.7 cm³/mol. The summed E-state index contributed by atoms with van der Waals surface area (Å²) in [5.74, 6) is 0.216. The van der Waals surface area contributed by atoms with Crippen molar-refractivity contribution in [1.82, 2.24) is 5.32 Å². The molecule has 1 saturated carbocycles. The number of nitro groups is 1. The second kappa shape index (κ2) is 6.67. The van der Waals surface area contributed by atoms with Crippen LogP contribution in [-0.2, 0) is 6.54 Å². The zero-order chi connectivity index (χ0) is 14.5. The Hall–Kier alpha value is -1.66. The van der Waals surface area contributed by atoms with Gasteiger partial charge in [-0.1, -0.05) is 13.0 Å². The quantitative estimate of drug-likeness (QED) is 0.561. The number of ether oxygens (including phenoxy) is 1. The Kier molecular flexibility index (Phi) is 4.92. The Morgan fingerprint density at radius 3 is 2.90 bits per heavy atom. The molecule has 0 amide bonds. The first-order valence-corrected chi connectivity index (χ1v) is 6.84. The summed E-state index contributed by atoms with van der Waals surface area (Å²) in [5.41, 5.74) is 0.930. The van der Waals surface area contributed by atoms with E-state index >= 15 is 0 Å². The van der Waals surface area contributed by atoms with E-state index in [1.165, 1.54) is 18.9 Å². The van der Waals surface area contributed by atoms with Gasteiger partial charge < -0.3 is 15.2 Å². The number of nitrogens with zero attached hydrogens (tertiary/aromatic N) is 1. The highest BCUT2D eigenvalue weighted by atomic mass is 16.6. The summed E-state index contributed by atoms with van der Waals surface area (Å²) in [5, 5.41) is 23.3. The van der Waals surface area contributed by atoms with Crippen LogP contribution in [0.1, 0.15) is 25.3 Å².